The molecule has 0 radical (unpaired) electrons. The molecule has 90 valence electrons. The minimum absolute atomic E-state index is 0.0654. The van der Waals surface area contributed by atoms with Crippen LogP contribution in [0.4, 0.5) is 0 Å². The van der Waals surface area contributed by atoms with Crippen LogP contribution >= 0.6 is 0 Å². The third-order valence-corrected chi connectivity index (χ3v) is 2.71. The number of carbonyl (C=O) groups is 2. The monoisotopic (exact) mass is 235 g/mol. The Balaban J connectivity index is 2.19. The zero-order chi connectivity index (χ0) is 12.4. The van der Waals surface area contributed by atoms with Gasteiger partial charge in [-0.05, 0) is 18.6 Å². The van der Waals surface area contributed by atoms with E-state index in [4.69, 9.17) is 5.73 Å². The minimum Gasteiger partial charge on any atom is -0.391 e. The van der Waals surface area contributed by atoms with E-state index in [1.54, 1.807) is 4.90 Å². The molecule has 0 aromatic carbocycles. The molecular weight excluding hydrogens is 222 g/mol. The minimum atomic E-state index is -0.666. The summed E-state index contributed by atoms with van der Waals surface area (Å²) in [7, 11) is 0. The molecule has 1 aromatic heterocycles. The second kappa shape index (κ2) is 4.50. The molecule has 0 spiro atoms. The first-order valence-electron chi connectivity index (χ1n) is 5.31. The molecule has 1 aromatic rings. The zero-order valence-electron chi connectivity index (χ0n) is 9.17. The van der Waals surface area contributed by atoms with Crippen molar-refractivity contribution in [2.24, 2.45) is 5.73 Å². The Bertz CT molecular complexity index is 461. The lowest BCUT2D eigenvalue weighted by atomic mass is 10.2. The van der Waals surface area contributed by atoms with E-state index in [1.165, 1.54) is 18.3 Å². The molecule has 17 heavy (non-hydrogen) atoms. The second-order valence-electron chi connectivity index (χ2n) is 3.99. The number of nitrogens with two attached hydrogens (primary N) is 1. The topological polar surface area (TPSA) is 96.5 Å². The largest absolute Gasteiger partial charge is 0.391 e. The van der Waals surface area contributed by atoms with Gasteiger partial charge in [-0.3, -0.25) is 14.6 Å². The van der Waals surface area contributed by atoms with Crippen molar-refractivity contribution in [3.05, 3.63) is 29.6 Å². The zero-order valence-corrected chi connectivity index (χ0v) is 9.17. The fraction of sp³-hybridized carbons (Fsp3) is 0.364. The highest BCUT2D eigenvalue weighted by atomic mass is 16.3. The molecule has 6 heteroatoms. The summed E-state index contributed by atoms with van der Waals surface area (Å²) in [6.45, 7) is 0.849. The van der Waals surface area contributed by atoms with Crippen LogP contribution in [0.3, 0.4) is 0 Å². The van der Waals surface area contributed by atoms with Crippen LogP contribution in [0.2, 0.25) is 0 Å². The SMILES string of the molecule is NC(=O)c1cc(C(=O)N2CCC(O)C2)ccn1. The Morgan fingerprint density at radius 1 is 1.53 bits per heavy atom. The van der Waals surface area contributed by atoms with E-state index < -0.39 is 12.0 Å². The number of β-amino-alcohol motifs (C(OH)–C–C–N with tert-alkyl or cyclic N) is 1. The van der Waals surface area contributed by atoms with Crippen molar-refractivity contribution in [1.29, 1.82) is 0 Å². The van der Waals surface area contributed by atoms with Gasteiger partial charge >= 0.3 is 0 Å². The van der Waals surface area contributed by atoms with Gasteiger partial charge in [0.25, 0.3) is 11.8 Å². The van der Waals surface area contributed by atoms with E-state index in [0.717, 1.165) is 0 Å². The lowest BCUT2D eigenvalue weighted by Gasteiger charge is -2.15. The van der Waals surface area contributed by atoms with Crippen molar-refractivity contribution in [3.8, 4) is 0 Å². The number of aliphatic hydroxyl groups excluding tert-OH is 1. The van der Waals surface area contributed by atoms with Crippen LogP contribution in [0.15, 0.2) is 18.3 Å². The number of rotatable bonds is 2. The highest BCUT2D eigenvalue weighted by molar-refractivity contribution is 5.98. The Labute approximate surface area is 98.1 Å². The van der Waals surface area contributed by atoms with E-state index in [1.807, 2.05) is 0 Å². The number of pyridine rings is 1. The lowest BCUT2D eigenvalue weighted by molar-refractivity contribution is 0.0765. The van der Waals surface area contributed by atoms with Crippen LogP contribution < -0.4 is 5.73 Å². The van der Waals surface area contributed by atoms with E-state index in [9.17, 15) is 14.7 Å². The lowest BCUT2D eigenvalue weighted by Crippen LogP contribution is -2.29. The molecule has 2 heterocycles. The summed E-state index contributed by atoms with van der Waals surface area (Å²) < 4.78 is 0. The van der Waals surface area contributed by atoms with Crippen molar-refractivity contribution in [1.82, 2.24) is 9.88 Å². The number of carbonyl (C=O) groups excluding carboxylic acids is 2. The summed E-state index contributed by atoms with van der Waals surface area (Å²) in [5.74, 6) is -0.882. The summed E-state index contributed by atoms with van der Waals surface area (Å²) >= 11 is 0. The molecule has 1 saturated heterocycles. The van der Waals surface area contributed by atoms with Gasteiger partial charge in [-0.2, -0.15) is 0 Å². The van der Waals surface area contributed by atoms with Gasteiger partial charge in [0.2, 0.25) is 0 Å². The Kier molecular flexibility index (Phi) is 3.06. The number of hydrogen-bond acceptors (Lipinski definition) is 4. The molecule has 3 N–H and O–H groups in total. The van der Waals surface area contributed by atoms with Gasteiger partial charge < -0.3 is 15.7 Å². The standard InChI is InChI=1S/C11H13N3O3/c12-10(16)9-5-7(1-3-13-9)11(17)14-4-2-8(15)6-14/h1,3,5,8,15H,2,4,6H2,(H2,12,16). The van der Waals surface area contributed by atoms with Crippen LogP contribution in [-0.2, 0) is 0 Å². The molecule has 0 bridgehead atoms. The molecule has 0 aliphatic carbocycles. The van der Waals surface area contributed by atoms with E-state index in [0.29, 0.717) is 25.1 Å². The normalized spacial score (nSPS) is 19.4. The predicted octanol–water partition coefficient (Wildman–Crippen LogP) is -0.613. The highest BCUT2D eigenvalue weighted by Gasteiger charge is 2.25. The maximum absolute atomic E-state index is 12.0. The van der Waals surface area contributed by atoms with Gasteiger partial charge in [-0.1, -0.05) is 0 Å². The maximum Gasteiger partial charge on any atom is 0.267 e. The summed E-state index contributed by atoms with van der Waals surface area (Å²) in [4.78, 5) is 28.3. The smallest absolute Gasteiger partial charge is 0.267 e. The second-order valence-corrected chi connectivity index (χ2v) is 3.99. The van der Waals surface area contributed by atoms with E-state index >= 15 is 0 Å². The fourth-order valence-electron chi connectivity index (χ4n) is 1.81. The van der Waals surface area contributed by atoms with Crippen LogP contribution in [-0.4, -0.2) is 46.0 Å². The molecule has 1 unspecified atom stereocenters. The molecule has 1 fully saturated rings. The summed E-state index contributed by atoms with van der Waals surface area (Å²) in [5.41, 5.74) is 5.52. The molecule has 2 amide bonds. The summed E-state index contributed by atoms with van der Waals surface area (Å²) in [5, 5.41) is 9.36. The number of nitrogens with zero attached hydrogens (tertiary/aromatic N) is 2. The molecule has 2 rings (SSSR count). The van der Waals surface area contributed by atoms with Gasteiger partial charge in [-0.15, -0.1) is 0 Å². The van der Waals surface area contributed by atoms with Crippen molar-refractivity contribution < 1.29 is 14.7 Å². The van der Waals surface area contributed by atoms with Gasteiger partial charge in [0.05, 0.1) is 6.10 Å². The van der Waals surface area contributed by atoms with Crippen LogP contribution in [0.5, 0.6) is 0 Å². The number of hydrogen-bond donors (Lipinski definition) is 2. The predicted molar refractivity (Wildman–Crippen MR) is 59.3 cm³/mol. The van der Waals surface area contributed by atoms with Crippen LogP contribution in [0, 0.1) is 0 Å². The first-order chi connectivity index (χ1) is 8.08. The summed E-state index contributed by atoms with van der Waals surface area (Å²) in [6.07, 6.45) is 1.50. The number of likely N-dealkylation sites (tertiary alicyclic amines) is 1. The number of primary amides is 1. The van der Waals surface area contributed by atoms with Crippen molar-refractivity contribution in [3.63, 3.8) is 0 Å². The maximum atomic E-state index is 12.0. The van der Waals surface area contributed by atoms with E-state index in [2.05, 4.69) is 4.98 Å². The molecule has 1 atom stereocenters. The van der Waals surface area contributed by atoms with Gasteiger partial charge in [0.15, 0.2) is 0 Å². The first-order valence-corrected chi connectivity index (χ1v) is 5.31. The molecular formula is C11H13N3O3. The average molecular weight is 235 g/mol. The molecule has 0 saturated carbocycles. The third kappa shape index (κ3) is 2.42. The van der Waals surface area contributed by atoms with Gasteiger partial charge in [0, 0.05) is 24.8 Å². The van der Waals surface area contributed by atoms with E-state index in [-0.39, 0.29) is 11.6 Å². The number of aromatic nitrogens is 1. The van der Waals surface area contributed by atoms with Crippen molar-refractivity contribution in [2.75, 3.05) is 13.1 Å². The first kappa shape index (κ1) is 11.5. The fourth-order valence-corrected chi connectivity index (χ4v) is 1.81. The van der Waals surface area contributed by atoms with Crippen LogP contribution in [0.25, 0.3) is 0 Å². The molecule has 6 nitrogen and oxygen atoms in total. The van der Waals surface area contributed by atoms with Gasteiger partial charge in [0.1, 0.15) is 5.69 Å². The Hall–Kier alpha value is -1.95. The number of amides is 2. The number of aliphatic hydroxyl groups is 1. The van der Waals surface area contributed by atoms with Crippen molar-refractivity contribution in [2.45, 2.75) is 12.5 Å². The Morgan fingerprint density at radius 3 is 2.88 bits per heavy atom. The van der Waals surface area contributed by atoms with Crippen LogP contribution in [0.1, 0.15) is 27.3 Å². The summed E-state index contributed by atoms with van der Waals surface area (Å²) in [6, 6.07) is 2.90. The molecule has 1 aliphatic heterocycles. The third-order valence-electron chi connectivity index (χ3n) is 2.71. The van der Waals surface area contributed by atoms with Gasteiger partial charge in [-0.25, -0.2) is 0 Å². The Morgan fingerprint density at radius 2 is 2.29 bits per heavy atom. The quantitative estimate of drug-likeness (QED) is 0.714. The van der Waals surface area contributed by atoms with Crippen molar-refractivity contribution >= 4 is 11.8 Å². The average Bonchev–Trinajstić information content (AvgIpc) is 2.75. The molecule has 1 aliphatic rings. The highest BCUT2D eigenvalue weighted by Crippen LogP contribution is 2.13.